The van der Waals surface area contributed by atoms with Gasteiger partial charge in [0.1, 0.15) is 12.2 Å². The molecule has 9 nitrogen and oxygen atoms in total. The first-order valence-corrected chi connectivity index (χ1v) is 27.4. The van der Waals surface area contributed by atoms with Gasteiger partial charge in [-0.25, -0.2) is 4.57 Å². The van der Waals surface area contributed by atoms with E-state index in [-0.39, 0.29) is 13.0 Å². The predicted octanol–water partition coefficient (Wildman–Crippen LogP) is 15.4. The van der Waals surface area contributed by atoms with Crippen molar-refractivity contribution in [1.29, 1.82) is 0 Å². The maximum Gasteiger partial charge on any atom is 0.472 e. The molecule has 0 aliphatic heterocycles. The number of phosphoric acid groups is 1. The molecular formula is C56H95O9P. The van der Waals surface area contributed by atoms with Gasteiger partial charge in [0.25, 0.3) is 0 Å². The summed E-state index contributed by atoms with van der Waals surface area (Å²) in [5, 5.41) is 18.4. The van der Waals surface area contributed by atoms with E-state index in [1.807, 2.05) is 0 Å². The zero-order valence-electron chi connectivity index (χ0n) is 41.6. The predicted molar refractivity (Wildman–Crippen MR) is 278 cm³/mol. The maximum atomic E-state index is 12.7. The smallest absolute Gasteiger partial charge is 0.457 e. The summed E-state index contributed by atoms with van der Waals surface area (Å²) in [5.74, 6) is -0.405. The molecule has 0 bridgehead atoms. The second-order valence-corrected chi connectivity index (χ2v) is 18.2. The van der Waals surface area contributed by atoms with Crippen molar-refractivity contribution in [3.8, 4) is 0 Å². The third kappa shape index (κ3) is 50.5. The molecule has 0 radical (unpaired) electrons. The molecule has 0 spiro atoms. The summed E-state index contributed by atoms with van der Waals surface area (Å²) in [5.41, 5.74) is 0. The Labute approximate surface area is 403 Å². The number of phosphoric ester groups is 1. The summed E-state index contributed by atoms with van der Waals surface area (Å²) in [6.45, 7) is 3.25. The van der Waals surface area contributed by atoms with Crippen LogP contribution in [0.4, 0.5) is 0 Å². The van der Waals surface area contributed by atoms with Gasteiger partial charge in [0.05, 0.1) is 26.4 Å². The van der Waals surface area contributed by atoms with Crippen LogP contribution in [0, 0.1) is 0 Å². The molecule has 0 fully saturated rings. The van der Waals surface area contributed by atoms with Crippen LogP contribution in [0.2, 0.25) is 0 Å². The van der Waals surface area contributed by atoms with Gasteiger partial charge in [-0.1, -0.05) is 200 Å². The minimum atomic E-state index is -4.54. The van der Waals surface area contributed by atoms with Crippen molar-refractivity contribution in [1.82, 2.24) is 0 Å². The van der Waals surface area contributed by atoms with Crippen LogP contribution in [0.5, 0.6) is 0 Å². The first-order valence-electron chi connectivity index (χ1n) is 25.9. The van der Waals surface area contributed by atoms with E-state index in [9.17, 15) is 19.4 Å². The van der Waals surface area contributed by atoms with E-state index in [2.05, 4.69) is 123 Å². The van der Waals surface area contributed by atoms with E-state index in [0.717, 1.165) is 109 Å². The van der Waals surface area contributed by atoms with E-state index < -0.39 is 45.8 Å². The summed E-state index contributed by atoms with van der Waals surface area (Å²) in [7, 11) is -4.54. The lowest BCUT2D eigenvalue weighted by Crippen LogP contribution is -2.29. The monoisotopic (exact) mass is 943 g/mol. The Bertz CT molecular complexity index is 1390. The van der Waals surface area contributed by atoms with Gasteiger partial charge in [0.2, 0.25) is 0 Å². The number of hydrogen-bond acceptors (Lipinski definition) is 8. The Morgan fingerprint density at radius 1 is 0.470 bits per heavy atom. The largest absolute Gasteiger partial charge is 0.472 e. The normalized spacial score (nSPS) is 14.7. The Morgan fingerprint density at radius 2 is 0.818 bits per heavy atom. The van der Waals surface area contributed by atoms with Crippen molar-refractivity contribution < 1.29 is 43.0 Å². The molecule has 10 heteroatoms. The number of allylic oxidation sites excluding steroid dienone is 18. The molecule has 66 heavy (non-hydrogen) atoms. The van der Waals surface area contributed by atoms with Gasteiger partial charge < -0.3 is 24.6 Å². The number of carbonyl (C=O) groups is 1. The van der Waals surface area contributed by atoms with E-state index in [1.165, 1.54) is 57.8 Å². The molecule has 0 aromatic rings. The Balaban J connectivity index is 4.14. The topological polar surface area (TPSA) is 132 Å². The first-order chi connectivity index (χ1) is 32.3. The number of aliphatic hydroxyl groups is 2. The van der Waals surface area contributed by atoms with Gasteiger partial charge >= 0.3 is 13.8 Å². The van der Waals surface area contributed by atoms with Crippen LogP contribution in [-0.4, -0.2) is 66.3 Å². The Kier molecular flexibility index (Phi) is 49.3. The van der Waals surface area contributed by atoms with Gasteiger partial charge in [0.15, 0.2) is 0 Å². The zero-order valence-corrected chi connectivity index (χ0v) is 42.5. The lowest BCUT2D eigenvalue weighted by molar-refractivity contribution is -0.154. The van der Waals surface area contributed by atoms with Crippen molar-refractivity contribution in [2.45, 2.75) is 206 Å². The van der Waals surface area contributed by atoms with Crippen LogP contribution in [0.3, 0.4) is 0 Å². The second-order valence-electron chi connectivity index (χ2n) is 16.8. The van der Waals surface area contributed by atoms with Crippen molar-refractivity contribution in [2.75, 3.05) is 33.0 Å². The number of carbonyl (C=O) groups excluding carboxylic acids is 1. The molecule has 0 aliphatic carbocycles. The van der Waals surface area contributed by atoms with Crippen molar-refractivity contribution in [3.63, 3.8) is 0 Å². The quantitative estimate of drug-likeness (QED) is 0.0236. The minimum Gasteiger partial charge on any atom is -0.457 e. The van der Waals surface area contributed by atoms with Crippen LogP contribution < -0.4 is 0 Å². The van der Waals surface area contributed by atoms with Crippen LogP contribution in [0.25, 0.3) is 0 Å². The van der Waals surface area contributed by atoms with Gasteiger partial charge in [-0.3, -0.25) is 13.8 Å². The SMILES string of the molecule is CC/C=C\C/C=C\C/C=C\C/C=C\C/C=C\CCCCCCCC(=O)OC(COCCCCCCCCCCCCC/C=C\C/C=C\C/C=C\C/C=C\CC)COP(=O)(O)OCC(O)CO. The highest BCUT2D eigenvalue weighted by atomic mass is 31.2. The highest BCUT2D eigenvalue weighted by Gasteiger charge is 2.26. The number of ether oxygens (including phenoxy) is 2. The van der Waals surface area contributed by atoms with Crippen LogP contribution in [-0.2, 0) is 27.9 Å². The molecule has 0 rings (SSSR count). The molecule has 3 atom stereocenters. The van der Waals surface area contributed by atoms with Crippen molar-refractivity contribution >= 4 is 13.8 Å². The van der Waals surface area contributed by atoms with E-state index in [4.69, 9.17) is 23.6 Å². The first kappa shape index (κ1) is 63.1. The Morgan fingerprint density at radius 3 is 1.23 bits per heavy atom. The third-order valence-electron chi connectivity index (χ3n) is 10.5. The van der Waals surface area contributed by atoms with E-state index >= 15 is 0 Å². The lowest BCUT2D eigenvalue weighted by atomic mass is 10.1. The zero-order chi connectivity index (χ0) is 48.1. The van der Waals surface area contributed by atoms with Crippen molar-refractivity contribution in [3.05, 3.63) is 109 Å². The maximum absolute atomic E-state index is 12.7. The molecular weight excluding hydrogens is 848 g/mol. The van der Waals surface area contributed by atoms with Crippen LogP contribution >= 0.6 is 7.82 Å². The highest BCUT2D eigenvalue weighted by Crippen LogP contribution is 2.43. The number of rotatable bonds is 48. The lowest BCUT2D eigenvalue weighted by Gasteiger charge is -2.20. The van der Waals surface area contributed by atoms with Crippen LogP contribution in [0.1, 0.15) is 194 Å². The number of hydrogen-bond donors (Lipinski definition) is 3. The molecule has 0 saturated heterocycles. The number of aliphatic hydroxyl groups excluding tert-OH is 2. The molecule has 3 unspecified atom stereocenters. The Hall–Kier alpha value is -2.88. The summed E-state index contributed by atoms with van der Waals surface area (Å²) in [4.78, 5) is 22.7. The number of esters is 1. The molecule has 0 aliphatic rings. The fourth-order valence-corrected chi connectivity index (χ4v) is 7.40. The summed E-state index contributed by atoms with van der Waals surface area (Å²) < 4.78 is 33.5. The van der Waals surface area contributed by atoms with Gasteiger partial charge in [-0.2, -0.15) is 0 Å². The van der Waals surface area contributed by atoms with E-state index in [1.54, 1.807) is 0 Å². The summed E-state index contributed by atoms with van der Waals surface area (Å²) in [6, 6.07) is 0. The summed E-state index contributed by atoms with van der Waals surface area (Å²) >= 11 is 0. The molecule has 0 aromatic heterocycles. The number of unbranched alkanes of at least 4 members (excludes halogenated alkanes) is 16. The van der Waals surface area contributed by atoms with Crippen LogP contribution in [0.15, 0.2) is 109 Å². The van der Waals surface area contributed by atoms with E-state index in [0.29, 0.717) is 13.0 Å². The summed E-state index contributed by atoms with van der Waals surface area (Å²) in [6.07, 6.45) is 67.7. The molecule has 3 N–H and O–H groups in total. The van der Waals surface area contributed by atoms with Gasteiger partial charge in [0, 0.05) is 13.0 Å². The molecule has 0 heterocycles. The molecule has 378 valence electrons. The molecule has 0 saturated carbocycles. The third-order valence-corrected chi connectivity index (χ3v) is 11.4. The fourth-order valence-electron chi connectivity index (χ4n) is 6.61. The second kappa shape index (κ2) is 51.5. The fraction of sp³-hybridized carbons (Fsp3) is 0.661. The average molecular weight is 943 g/mol. The van der Waals surface area contributed by atoms with Gasteiger partial charge in [-0.05, 0) is 96.3 Å². The minimum absolute atomic E-state index is 0.0320. The molecule has 0 amide bonds. The average Bonchev–Trinajstić information content (AvgIpc) is 3.31. The van der Waals surface area contributed by atoms with Crippen molar-refractivity contribution in [2.24, 2.45) is 0 Å². The standard InChI is InChI=1S/C56H95O9P/c1-3-5-7-9-11-13-15-17-19-21-23-25-26-27-29-31-33-35-37-39-41-43-45-47-49-62-52-55(53-64-66(60,61)63-51-54(58)50-57)65-56(59)48-46-44-42-40-38-36-34-32-30-28-24-22-20-18-16-14-12-10-8-6-4-2/h5-8,11-14,17-20,23-25,28,32,34,54-55,57-58H,3-4,9-10,15-16,21-22,26-27,29-31,33,35-53H2,1-2H3,(H,60,61)/b7-5-,8-6-,13-11-,14-12-,19-17-,20-18-,25-23-,28-24-,34-32-. The van der Waals surface area contributed by atoms with Gasteiger partial charge in [-0.15, -0.1) is 0 Å². The molecule has 0 aromatic carbocycles. The highest BCUT2D eigenvalue weighted by molar-refractivity contribution is 7.47.